The van der Waals surface area contributed by atoms with E-state index in [0.717, 1.165) is 73.5 Å². The molecule has 6 heteroatoms. The fourth-order valence-electron chi connectivity index (χ4n) is 4.22. The Morgan fingerprint density at radius 2 is 1.73 bits per heavy atom. The van der Waals surface area contributed by atoms with E-state index in [2.05, 4.69) is 10.4 Å². The maximum atomic E-state index is 12.9. The predicted molar refractivity (Wildman–Crippen MR) is 103 cm³/mol. The molecule has 26 heavy (non-hydrogen) atoms. The van der Waals surface area contributed by atoms with Gasteiger partial charge in [-0.3, -0.25) is 4.79 Å². The van der Waals surface area contributed by atoms with E-state index in [1.807, 2.05) is 47.7 Å². The molecule has 138 valence electrons. The summed E-state index contributed by atoms with van der Waals surface area (Å²) in [5.41, 5.74) is 3.39. The van der Waals surface area contributed by atoms with Crippen LogP contribution in [0.1, 0.15) is 34.6 Å². The van der Waals surface area contributed by atoms with Crippen molar-refractivity contribution in [3.63, 3.8) is 0 Å². The molecule has 2 atom stereocenters. The molecule has 5 nitrogen and oxygen atoms in total. The standard InChI is InChI=1S/C20H25ClN4O/c1-13-19(21)14(2)25(23-13)18-5-3-15(4-6-18)20(26)24-9-7-16-11-22-12-17(16)8-10-24/h3-6,16-17,22H,7-12H2,1-2H3/t16-,17+. The van der Waals surface area contributed by atoms with Crippen molar-refractivity contribution in [3.05, 3.63) is 46.2 Å². The summed E-state index contributed by atoms with van der Waals surface area (Å²) in [4.78, 5) is 14.9. The second-order valence-electron chi connectivity index (χ2n) is 7.49. The molecule has 2 aromatic rings. The van der Waals surface area contributed by atoms with Gasteiger partial charge < -0.3 is 10.2 Å². The van der Waals surface area contributed by atoms with Crippen molar-refractivity contribution in [2.75, 3.05) is 26.2 Å². The van der Waals surface area contributed by atoms with Gasteiger partial charge in [-0.15, -0.1) is 0 Å². The van der Waals surface area contributed by atoms with E-state index in [9.17, 15) is 4.79 Å². The second kappa shape index (κ2) is 7.05. The molecule has 4 rings (SSSR count). The lowest BCUT2D eigenvalue weighted by Crippen LogP contribution is -2.32. The lowest BCUT2D eigenvalue weighted by Gasteiger charge is -2.21. The van der Waals surface area contributed by atoms with E-state index in [1.54, 1.807) is 0 Å². The van der Waals surface area contributed by atoms with Gasteiger partial charge in [0.15, 0.2) is 0 Å². The van der Waals surface area contributed by atoms with Gasteiger partial charge in [-0.05, 0) is 75.9 Å². The molecule has 1 aromatic heterocycles. The van der Waals surface area contributed by atoms with E-state index >= 15 is 0 Å². The Balaban J connectivity index is 1.49. The van der Waals surface area contributed by atoms with Crippen LogP contribution in [0.25, 0.3) is 5.69 Å². The fraction of sp³-hybridized carbons (Fsp3) is 0.500. The molecule has 0 bridgehead atoms. The van der Waals surface area contributed by atoms with Crippen LogP contribution >= 0.6 is 11.6 Å². The number of aryl methyl sites for hydroxylation is 1. The highest BCUT2D eigenvalue weighted by molar-refractivity contribution is 6.31. The SMILES string of the molecule is Cc1nn(-c2ccc(C(=O)N3CC[C@@H]4CNC[C@@H]4CC3)cc2)c(C)c1Cl. The van der Waals surface area contributed by atoms with E-state index in [4.69, 9.17) is 11.6 Å². The molecule has 2 aliphatic rings. The van der Waals surface area contributed by atoms with Crippen LogP contribution in [0.4, 0.5) is 0 Å². The molecule has 2 fully saturated rings. The van der Waals surface area contributed by atoms with Crippen molar-refractivity contribution in [3.8, 4) is 5.69 Å². The summed E-state index contributed by atoms with van der Waals surface area (Å²) >= 11 is 6.24. The normalized spacial score (nSPS) is 23.0. The smallest absolute Gasteiger partial charge is 0.253 e. The first kappa shape index (κ1) is 17.6. The zero-order chi connectivity index (χ0) is 18.3. The highest BCUT2D eigenvalue weighted by atomic mass is 35.5. The third kappa shape index (κ3) is 3.14. The number of halogens is 1. The van der Waals surface area contributed by atoms with Gasteiger partial charge >= 0.3 is 0 Å². The molecule has 0 saturated carbocycles. The predicted octanol–water partition coefficient (Wildman–Crippen LogP) is 3.21. The van der Waals surface area contributed by atoms with Crippen LogP contribution in [-0.2, 0) is 0 Å². The minimum atomic E-state index is 0.135. The summed E-state index contributed by atoms with van der Waals surface area (Å²) in [6.45, 7) is 7.77. The maximum Gasteiger partial charge on any atom is 0.253 e. The van der Waals surface area contributed by atoms with Crippen LogP contribution in [0, 0.1) is 25.7 Å². The van der Waals surface area contributed by atoms with E-state index < -0.39 is 0 Å². The number of hydrogen-bond acceptors (Lipinski definition) is 3. The van der Waals surface area contributed by atoms with Crippen LogP contribution in [0.15, 0.2) is 24.3 Å². The van der Waals surface area contributed by atoms with Crippen molar-refractivity contribution < 1.29 is 4.79 Å². The average molecular weight is 373 g/mol. The zero-order valence-electron chi connectivity index (χ0n) is 15.3. The van der Waals surface area contributed by atoms with Crippen LogP contribution in [0.2, 0.25) is 5.02 Å². The molecule has 1 aromatic carbocycles. The average Bonchev–Trinajstić information content (AvgIpc) is 3.14. The van der Waals surface area contributed by atoms with Gasteiger partial charge in [0.1, 0.15) is 0 Å². The number of carbonyl (C=O) groups is 1. The number of hydrogen-bond donors (Lipinski definition) is 1. The number of fused-ring (bicyclic) bond motifs is 1. The molecular formula is C20H25ClN4O. The Labute approximate surface area is 159 Å². The topological polar surface area (TPSA) is 50.2 Å². The lowest BCUT2D eigenvalue weighted by atomic mass is 9.92. The van der Waals surface area contributed by atoms with E-state index in [0.29, 0.717) is 5.02 Å². The number of amides is 1. The molecule has 0 spiro atoms. The van der Waals surface area contributed by atoms with E-state index in [-0.39, 0.29) is 5.91 Å². The number of nitrogens with one attached hydrogen (secondary N) is 1. The molecular weight excluding hydrogens is 348 g/mol. The monoisotopic (exact) mass is 372 g/mol. The molecule has 0 aliphatic carbocycles. The highest BCUT2D eigenvalue weighted by Gasteiger charge is 2.31. The van der Waals surface area contributed by atoms with Gasteiger partial charge in [-0.2, -0.15) is 5.10 Å². The first-order valence-electron chi connectivity index (χ1n) is 9.36. The Morgan fingerprint density at radius 3 is 2.27 bits per heavy atom. The second-order valence-corrected chi connectivity index (χ2v) is 7.87. The summed E-state index contributed by atoms with van der Waals surface area (Å²) in [7, 11) is 0. The summed E-state index contributed by atoms with van der Waals surface area (Å²) < 4.78 is 1.83. The van der Waals surface area contributed by atoms with Gasteiger partial charge in [-0.25, -0.2) is 4.68 Å². The first-order chi connectivity index (χ1) is 12.5. The third-order valence-electron chi connectivity index (χ3n) is 5.87. The Morgan fingerprint density at radius 1 is 1.12 bits per heavy atom. The van der Waals surface area contributed by atoms with Crippen molar-refractivity contribution in [2.24, 2.45) is 11.8 Å². The highest BCUT2D eigenvalue weighted by Crippen LogP contribution is 2.28. The number of rotatable bonds is 2. The van der Waals surface area contributed by atoms with Crippen molar-refractivity contribution in [1.29, 1.82) is 0 Å². The number of carbonyl (C=O) groups excluding carboxylic acids is 1. The van der Waals surface area contributed by atoms with Crippen molar-refractivity contribution >= 4 is 17.5 Å². The lowest BCUT2D eigenvalue weighted by molar-refractivity contribution is 0.0758. The minimum Gasteiger partial charge on any atom is -0.339 e. The van der Waals surface area contributed by atoms with Gasteiger partial charge in [0.05, 0.1) is 22.1 Å². The van der Waals surface area contributed by atoms with Crippen molar-refractivity contribution in [2.45, 2.75) is 26.7 Å². The number of nitrogens with zero attached hydrogens (tertiary/aromatic N) is 3. The van der Waals surface area contributed by atoms with Gasteiger partial charge in [0.25, 0.3) is 5.91 Å². The van der Waals surface area contributed by atoms with Crippen LogP contribution < -0.4 is 5.32 Å². The summed E-state index contributed by atoms with van der Waals surface area (Å²) in [5.74, 6) is 1.59. The number of aromatic nitrogens is 2. The first-order valence-corrected chi connectivity index (χ1v) is 9.74. The molecule has 0 radical (unpaired) electrons. The Kier molecular flexibility index (Phi) is 4.76. The quantitative estimate of drug-likeness (QED) is 0.880. The molecule has 0 unspecified atom stereocenters. The summed E-state index contributed by atoms with van der Waals surface area (Å²) in [5, 5.41) is 8.64. The summed E-state index contributed by atoms with van der Waals surface area (Å²) in [6.07, 6.45) is 2.21. The van der Waals surface area contributed by atoms with Crippen molar-refractivity contribution in [1.82, 2.24) is 20.0 Å². The van der Waals surface area contributed by atoms with Gasteiger partial charge in [0, 0.05) is 18.7 Å². The maximum absolute atomic E-state index is 12.9. The van der Waals surface area contributed by atoms with Gasteiger partial charge in [0.2, 0.25) is 0 Å². The Hall–Kier alpha value is -1.85. The minimum absolute atomic E-state index is 0.135. The molecule has 3 heterocycles. The van der Waals surface area contributed by atoms with Crippen LogP contribution in [0.5, 0.6) is 0 Å². The third-order valence-corrected chi connectivity index (χ3v) is 6.42. The van der Waals surface area contributed by atoms with Crippen LogP contribution in [0.3, 0.4) is 0 Å². The number of benzene rings is 1. The largest absolute Gasteiger partial charge is 0.339 e. The summed E-state index contributed by atoms with van der Waals surface area (Å²) in [6, 6.07) is 7.68. The molecule has 1 amide bonds. The fourth-order valence-corrected chi connectivity index (χ4v) is 4.34. The Bertz CT molecular complexity index is 800. The molecule has 2 saturated heterocycles. The van der Waals surface area contributed by atoms with Crippen LogP contribution in [-0.4, -0.2) is 46.8 Å². The number of likely N-dealkylation sites (tertiary alicyclic amines) is 1. The molecule has 2 aliphatic heterocycles. The van der Waals surface area contributed by atoms with E-state index in [1.165, 1.54) is 0 Å². The zero-order valence-corrected chi connectivity index (χ0v) is 16.1. The van der Waals surface area contributed by atoms with Gasteiger partial charge in [-0.1, -0.05) is 11.6 Å². The molecule has 1 N–H and O–H groups in total.